The molecule has 0 fully saturated rings. The maximum Gasteiger partial charge on any atom is 0.287 e. The Morgan fingerprint density at radius 1 is 1.19 bits per heavy atom. The van der Waals surface area contributed by atoms with Gasteiger partial charge in [0.05, 0.1) is 0 Å². The number of amides is 1. The number of sulfonamides is 1. The molecule has 0 aliphatic rings. The summed E-state index contributed by atoms with van der Waals surface area (Å²) in [5.74, 6) is -0.485. The van der Waals surface area contributed by atoms with E-state index in [0.29, 0.717) is 0 Å². The highest BCUT2D eigenvalue weighted by Crippen LogP contribution is 2.14. The maximum absolute atomic E-state index is 11.8. The lowest BCUT2D eigenvalue weighted by atomic mass is 10.2. The molecule has 7 nitrogen and oxygen atoms in total. The van der Waals surface area contributed by atoms with E-state index in [4.69, 9.17) is 9.52 Å². The highest BCUT2D eigenvalue weighted by atomic mass is 32.2. The number of carbonyl (C=O) groups excluding carboxylic acids is 1. The molecule has 1 heterocycles. The van der Waals surface area contributed by atoms with Gasteiger partial charge in [-0.3, -0.25) is 4.79 Å². The van der Waals surface area contributed by atoms with E-state index in [1.165, 1.54) is 31.3 Å². The normalized spacial score (nSPS) is 11.3. The van der Waals surface area contributed by atoms with Crippen molar-refractivity contribution < 1.29 is 22.7 Å². The molecular weight excluding hydrogens is 296 g/mol. The summed E-state index contributed by atoms with van der Waals surface area (Å²) >= 11 is 0. The van der Waals surface area contributed by atoms with Gasteiger partial charge in [0, 0.05) is 6.54 Å². The Morgan fingerprint density at radius 3 is 2.48 bits per heavy atom. The Kier molecular flexibility index (Phi) is 4.29. The lowest BCUT2D eigenvalue weighted by Crippen LogP contribution is -2.22. The summed E-state index contributed by atoms with van der Waals surface area (Å²) in [6, 6.07) is 8.83. The molecule has 0 radical (unpaired) electrons. The van der Waals surface area contributed by atoms with Crippen molar-refractivity contribution in [3.63, 3.8) is 0 Å². The number of aromatic hydroxyl groups is 1. The minimum absolute atomic E-state index is 0.0948. The average Bonchev–Trinajstić information content (AvgIpc) is 2.97. The van der Waals surface area contributed by atoms with E-state index in [2.05, 4.69) is 10.0 Å². The fourth-order valence-electron chi connectivity index (χ4n) is 1.57. The van der Waals surface area contributed by atoms with Gasteiger partial charge in [0.15, 0.2) is 5.76 Å². The van der Waals surface area contributed by atoms with Gasteiger partial charge in [-0.15, -0.1) is 0 Å². The molecule has 0 spiro atoms. The number of nitrogens with one attached hydrogen (secondary N) is 2. The molecule has 112 valence electrons. The first-order valence-corrected chi connectivity index (χ1v) is 7.50. The van der Waals surface area contributed by atoms with Crippen LogP contribution in [0.4, 0.5) is 0 Å². The lowest BCUT2D eigenvalue weighted by molar-refractivity contribution is 0.0918. The fraction of sp³-hybridized carbons (Fsp3) is 0.154. The third-order valence-electron chi connectivity index (χ3n) is 2.73. The van der Waals surface area contributed by atoms with Crippen LogP contribution in [0.15, 0.2) is 45.9 Å². The van der Waals surface area contributed by atoms with Crippen molar-refractivity contribution in [1.29, 1.82) is 0 Å². The van der Waals surface area contributed by atoms with Crippen molar-refractivity contribution in [1.82, 2.24) is 10.0 Å². The smallest absolute Gasteiger partial charge is 0.287 e. The van der Waals surface area contributed by atoms with E-state index in [9.17, 15) is 13.2 Å². The van der Waals surface area contributed by atoms with Crippen molar-refractivity contribution in [2.75, 3.05) is 7.05 Å². The highest BCUT2D eigenvalue weighted by molar-refractivity contribution is 7.89. The highest BCUT2D eigenvalue weighted by Gasteiger charge is 2.19. The number of rotatable bonds is 5. The van der Waals surface area contributed by atoms with Gasteiger partial charge in [-0.1, -0.05) is 12.1 Å². The van der Waals surface area contributed by atoms with Crippen molar-refractivity contribution >= 4 is 15.9 Å². The molecule has 0 saturated heterocycles. The van der Waals surface area contributed by atoms with Crippen LogP contribution in [-0.4, -0.2) is 26.5 Å². The minimum atomic E-state index is -3.71. The fourth-order valence-corrected chi connectivity index (χ4v) is 2.22. The van der Waals surface area contributed by atoms with Gasteiger partial charge in [0.1, 0.15) is 5.75 Å². The van der Waals surface area contributed by atoms with Crippen LogP contribution in [0.3, 0.4) is 0 Å². The standard InChI is InChI=1S/C13H14N2O5S/c1-14-21(18,19)12-7-6-11(20-12)13(17)15-8-9-2-4-10(16)5-3-9/h2-7,14,16H,8H2,1H3,(H,15,17). The van der Waals surface area contributed by atoms with Crippen LogP contribution in [0.1, 0.15) is 16.1 Å². The molecule has 21 heavy (non-hydrogen) atoms. The van der Waals surface area contributed by atoms with Crippen molar-refractivity contribution in [3.05, 3.63) is 47.7 Å². The molecule has 0 saturated carbocycles. The minimum Gasteiger partial charge on any atom is -0.508 e. The molecule has 2 rings (SSSR count). The van der Waals surface area contributed by atoms with E-state index in [1.807, 2.05) is 0 Å². The van der Waals surface area contributed by atoms with Gasteiger partial charge < -0.3 is 14.8 Å². The molecule has 1 aromatic carbocycles. The first kappa shape index (κ1) is 15.1. The third kappa shape index (κ3) is 3.61. The van der Waals surface area contributed by atoms with Crippen molar-refractivity contribution in [3.8, 4) is 5.75 Å². The van der Waals surface area contributed by atoms with Gasteiger partial charge >= 0.3 is 0 Å². The monoisotopic (exact) mass is 310 g/mol. The molecule has 0 bridgehead atoms. The van der Waals surface area contributed by atoms with Crippen molar-refractivity contribution in [2.45, 2.75) is 11.6 Å². The zero-order chi connectivity index (χ0) is 15.5. The SMILES string of the molecule is CNS(=O)(=O)c1ccc(C(=O)NCc2ccc(O)cc2)o1. The van der Waals surface area contributed by atoms with Crippen LogP contribution in [0.5, 0.6) is 5.75 Å². The summed E-state index contributed by atoms with van der Waals surface area (Å²) in [5, 5.41) is 11.4. The molecule has 8 heteroatoms. The first-order chi connectivity index (χ1) is 9.92. The number of benzene rings is 1. The topological polar surface area (TPSA) is 109 Å². The molecule has 0 unspecified atom stereocenters. The largest absolute Gasteiger partial charge is 0.508 e. The Hall–Kier alpha value is -2.32. The van der Waals surface area contributed by atoms with E-state index in [0.717, 1.165) is 5.56 Å². The van der Waals surface area contributed by atoms with Crippen LogP contribution in [0, 0.1) is 0 Å². The predicted molar refractivity (Wildman–Crippen MR) is 74.2 cm³/mol. The maximum atomic E-state index is 11.8. The van der Waals surface area contributed by atoms with Gasteiger partial charge in [-0.2, -0.15) is 0 Å². The molecule has 1 aromatic heterocycles. The zero-order valence-corrected chi connectivity index (χ0v) is 12.0. The van der Waals surface area contributed by atoms with Gasteiger partial charge in [-0.25, -0.2) is 13.1 Å². The molecule has 1 amide bonds. The Labute approximate surface area is 121 Å². The van der Waals surface area contributed by atoms with Gasteiger partial charge in [0.25, 0.3) is 15.9 Å². The summed E-state index contributed by atoms with van der Waals surface area (Å²) in [4.78, 5) is 11.8. The second-order valence-corrected chi connectivity index (χ2v) is 5.99. The average molecular weight is 310 g/mol. The quantitative estimate of drug-likeness (QED) is 0.757. The number of phenolic OH excluding ortho intramolecular Hbond substituents is 1. The van der Waals surface area contributed by atoms with Crippen LogP contribution < -0.4 is 10.0 Å². The van der Waals surface area contributed by atoms with Gasteiger partial charge in [-0.05, 0) is 36.9 Å². The van der Waals surface area contributed by atoms with Crippen molar-refractivity contribution in [2.24, 2.45) is 0 Å². The summed E-state index contributed by atoms with van der Waals surface area (Å²) in [7, 11) is -2.45. The molecule has 0 aliphatic heterocycles. The molecule has 2 aromatic rings. The summed E-state index contributed by atoms with van der Waals surface area (Å²) in [5.41, 5.74) is 0.788. The van der Waals surface area contributed by atoms with Gasteiger partial charge in [0.2, 0.25) is 5.09 Å². The van der Waals surface area contributed by atoms with Crippen LogP contribution in [0.25, 0.3) is 0 Å². The predicted octanol–water partition coefficient (Wildman–Crippen LogP) is 0.823. The number of furan rings is 1. The van der Waals surface area contributed by atoms with E-state index in [-0.39, 0.29) is 23.1 Å². The van der Waals surface area contributed by atoms with Crippen LogP contribution in [-0.2, 0) is 16.6 Å². The first-order valence-electron chi connectivity index (χ1n) is 6.02. The number of hydrogen-bond donors (Lipinski definition) is 3. The van der Waals surface area contributed by atoms with E-state index < -0.39 is 15.9 Å². The number of carbonyl (C=O) groups is 1. The Bertz CT molecular complexity index is 734. The summed E-state index contributed by atoms with van der Waals surface area (Å²) in [6.45, 7) is 0.230. The Morgan fingerprint density at radius 2 is 1.86 bits per heavy atom. The van der Waals surface area contributed by atoms with E-state index in [1.54, 1.807) is 12.1 Å². The molecular formula is C13H14N2O5S. The Balaban J connectivity index is 2.02. The summed E-state index contributed by atoms with van der Waals surface area (Å²) in [6.07, 6.45) is 0. The second kappa shape index (κ2) is 5.98. The van der Waals surface area contributed by atoms with Crippen LogP contribution in [0.2, 0.25) is 0 Å². The molecule has 3 N–H and O–H groups in total. The molecule has 0 atom stereocenters. The second-order valence-electron chi connectivity index (χ2n) is 4.18. The van der Waals surface area contributed by atoms with Crippen LogP contribution >= 0.6 is 0 Å². The lowest BCUT2D eigenvalue weighted by Gasteiger charge is -2.03. The van der Waals surface area contributed by atoms with E-state index >= 15 is 0 Å². The number of hydrogen-bond acceptors (Lipinski definition) is 5. The molecule has 0 aliphatic carbocycles. The number of phenols is 1. The summed E-state index contributed by atoms with van der Waals surface area (Å²) < 4.78 is 30.1. The third-order valence-corrected chi connectivity index (χ3v) is 4.01. The zero-order valence-electron chi connectivity index (χ0n) is 11.2.